The van der Waals surface area contributed by atoms with E-state index in [1.807, 2.05) is 18.2 Å². The fraction of sp³-hybridized carbons (Fsp3) is 0.400. The number of urea groups is 1. The van der Waals surface area contributed by atoms with Gasteiger partial charge in [-0.25, -0.2) is 20.1 Å². The monoisotopic (exact) mass is 322 g/mol. The first-order valence-electron chi connectivity index (χ1n) is 7.18. The van der Waals surface area contributed by atoms with Gasteiger partial charge >= 0.3 is 18.1 Å². The summed E-state index contributed by atoms with van der Waals surface area (Å²) in [5.41, 5.74) is 7.46. The third kappa shape index (κ3) is 8.30. The fourth-order valence-electron chi connectivity index (χ4n) is 1.84. The van der Waals surface area contributed by atoms with Gasteiger partial charge < -0.3 is 20.5 Å². The molecule has 1 rings (SSSR count). The van der Waals surface area contributed by atoms with Crippen molar-refractivity contribution in [1.82, 2.24) is 16.4 Å². The Hall–Kier alpha value is -2.77. The van der Waals surface area contributed by atoms with Crippen LogP contribution in [0.1, 0.15) is 24.8 Å². The summed E-state index contributed by atoms with van der Waals surface area (Å²) in [6.45, 7) is 0.363. The molecule has 0 saturated heterocycles. The van der Waals surface area contributed by atoms with Crippen LogP contribution in [0.25, 0.3) is 0 Å². The molecular formula is C15H20N3O5. The highest BCUT2D eigenvalue weighted by Crippen LogP contribution is 2.04. The zero-order chi connectivity index (χ0) is 17.1. The Bertz CT molecular complexity index is 521. The average Bonchev–Trinajstić information content (AvgIpc) is 2.52. The van der Waals surface area contributed by atoms with Crippen molar-refractivity contribution in [2.75, 3.05) is 6.54 Å². The molecule has 0 saturated carbocycles. The topological polar surface area (TPSA) is 129 Å². The molecule has 0 aromatic heterocycles. The number of ether oxygens (including phenoxy) is 1. The largest absolute Gasteiger partial charge is 0.480 e. The fourth-order valence-corrected chi connectivity index (χ4v) is 1.84. The van der Waals surface area contributed by atoms with Crippen molar-refractivity contribution in [3.8, 4) is 0 Å². The number of benzene rings is 1. The highest BCUT2D eigenvalue weighted by molar-refractivity contribution is 5.79. The van der Waals surface area contributed by atoms with E-state index in [1.54, 1.807) is 12.1 Å². The van der Waals surface area contributed by atoms with Gasteiger partial charge in [0.1, 0.15) is 12.6 Å². The number of carbonyl (C=O) groups excluding carboxylic acids is 2. The Morgan fingerprint density at radius 2 is 1.87 bits per heavy atom. The molecule has 3 amide bonds. The molecule has 4 N–H and O–H groups in total. The van der Waals surface area contributed by atoms with E-state index < -0.39 is 24.1 Å². The van der Waals surface area contributed by atoms with Gasteiger partial charge in [0.05, 0.1) is 0 Å². The van der Waals surface area contributed by atoms with Crippen molar-refractivity contribution in [3.63, 3.8) is 0 Å². The minimum Gasteiger partial charge on any atom is -0.480 e. The maximum Gasteiger partial charge on any atom is 0.408 e. The Morgan fingerprint density at radius 1 is 1.17 bits per heavy atom. The summed E-state index contributed by atoms with van der Waals surface area (Å²) in [5, 5.41) is 13.7. The second-order valence-electron chi connectivity index (χ2n) is 4.85. The molecule has 0 aliphatic heterocycles. The van der Waals surface area contributed by atoms with E-state index in [0.29, 0.717) is 19.4 Å². The third-order valence-corrected chi connectivity index (χ3v) is 3.01. The zero-order valence-electron chi connectivity index (χ0n) is 12.6. The number of hydrogen-bond donors (Lipinski definition) is 3. The molecule has 1 unspecified atom stereocenters. The van der Waals surface area contributed by atoms with Gasteiger partial charge in [-0.15, -0.1) is 0 Å². The summed E-state index contributed by atoms with van der Waals surface area (Å²) in [5.74, 6) is -1.15. The predicted octanol–water partition coefficient (Wildman–Crippen LogP) is 1.53. The van der Waals surface area contributed by atoms with Gasteiger partial charge in [-0.1, -0.05) is 30.3 Å². The number of aliphatic carboxylic acids is 1. The lowest BCUT2D eigenvalue weighted by Crippen LogP contribution is -2.41. The van der Waals surface area contributed by atoms with Crippen molar-refractivity contribution in [3.05, 3.63) is 35.9 Å². The molecule has 1 aromatic rings. The quantitative estimate of drug-likeness (QED) is 0.594. The standard InChI is InChI=1S/C15H20N3O5/c16-14(21)17-9-5-4-8-12(13(19)20)18-15(22)23-10-11-6-2-1-3-7-11/h1-3,6-7,12,16H,4-5,8-10H2,(H,17,21)(H,18,22)(H,19,20). The van der Waals surface area contributed by atoms with E-state index in [1.165, 1.54) is 0 Å². The number of carboxylic acids is 1. The molecule has 1 radical (unpaired) electrons. The highest BCUT2D eigenvalue weighted by atomic mass is 16.5. The summed E-state index contributed by atoms with van der Waals surface area (Å²) in [6.07, 6.45) is 0.426. The molecule has 0 aliphatic carbocycles. The molecular weight excluding hydrogens is 302 g/mol. The van der Waals surface area contributed by atoms with Crippen LogP contribution >= 0.6 is 0 Å². The van der Waals surface area contributed by atoms with Crippen LogP contribution in [0.5, 0.6) is 0 Å². The van der Waals surface area contributed by atoms with Crippen LogP contribution in [0.4, 0.5) is 9.59 Å². The van der Waals surface area contributed by atoms with E-state index in [2.05, 4.69) is 10.6 Å². The molecule has 0 fully saturated rings. The molecule has 0 aliphatic rings. The van der Waals surface area contributed by atoms with Crippen molar-refractivity contribution < 1.29 is 24.2 Å². The minimum absolute atomic E-state index is 0.0640. The first kappa shape index (κ1) is 18.3. The lowest BCUT2D eigenvalue weighted by atomic mass is 10.1. The normalized spacial score (nSPS) is 11.3. The highest BCUT2D eigenvalue weighted by Gasteiger charge is 2.20. The van der Waals surface area contributed by atoms with Gasteiger partial charge in [0, 0.05) is 6.54 Å². The van der Waals surface area contributed by atoms with Crippen molar-refractivity contribution >= 4 is 18.1 Å². The molecule has 125 valence electrons. The van der Waals surface area contributed by atoms with E-state index in [9.17, 15) is 14.4 Å². The lowest BCUT2D eigenvalue weighted by Gasteiger charge is -2.14. The van der Waals surface area contributed by atoms with Gasteiger partial charge in [0.25, 0.3) is 0 Å². The average molecular weight is 322 g/mol. The van der Waals surface area contributed by atoms with Crippen molar-refractivity contribution in [2.45, 2.75) is 31.9 Å². The number of alkyl carbamates (subject to hydrolysis) is 1. The molecule has 8 heteroatoms. The van der Waals surface area contributed by atoms with Gasteiger partial charge in [-0.05, 0) is 24.8 Å². The van der Waals surface area contributed by atoms with Gasteiger partial charge in [-0.3, -0.25) is 0 Å². The number of carboxylic acid groups (broad SMARTS) is 1. The van der Waals surface area contributed by atoms with Crippen LogP contribution in [-0.2, 0) is 16.1 Å². The number of amides is 3. The summed E-state index contributed by atoms with van der Waals surface area (Å²) < 4.78 is 4.97. The zero-order valence-corrected chi connectivity index (χ0v) is 12.6. The summed E-state index contributed by atoms with van der Waals surface area (Å²) in [6, 6.07) is 7.13. The molecule has 23 heavy (non-hydrogen) atoms. The molecule has 0 spiro atoms. The molecule has 0 bridgehead atoms. The molecule has 0 heterocycles. The number of unbranched alkanes of at least 4 members (excludes halogenated alkanes) is 1. The Labute approximate surface area is 134 Å². The van der Waals surface area contributed by atoms with E-state index in [4.69, 9.17) is 15.6 Å². The van der Waals surface area contributed by atoms with E-state index in [-0.39, 0.29) is 13.0 Å². The Balaban J connectivity index is 2.29. The Kier molecular flexibility index (Phi) is 7.98. The SMILES string of the molecule is [NH]C(=O)NCCCCC(NC(=O)OCc1ccccc1)C(=O)O. The van der Waals surface area contributed by atoms with Crippen LogP contribution in [0.15, 0.2) is 30.3 Å². The minimum atomic E-state index is -1.15. The third-order valence-electron chi connectivity index (χ3n) is 3.01. The first-order chi connectivity index (χ1) is 11.0. The summed E-state index contributed by atoms with van der Waals surface area (Å²) in [4.78, 5) is 33.1. The smallest absolute Gasteiger partial charge is 0.408 e. The second-order valence-corrected chi connectivity index (χ2v) is 4.85. The van der Waals surface area contributed by atoms with Crippen LogP contribution in [0.3, 0.4) is 0 Å². The van der Waals surface area contributed by atoms with Crippen LogP contribution < -0.4 is 16.4 Å². The predicted molar refractivity (Wildman–Crippen MR) is 81.5 cm³/mol. The lowest BCUT2D eigenvalue weighted by molar-refractivity contribution is -0.139. The molecule has 8 nitrogen and oxygen atoms in total. The van der Waals surface area contributed by atoms with Gasteiger partial charge in [0.2, 0.25) is 0 Å². The maximum absolute atomic E-state index is 11.6. The number of nitrogens with one attached hydrogen (secondary N) is 3. The second kappa shape index (κ2) is 10.0. The molecule has 1 aromatic carbocycles. The Morgan fingerprint density at radius 3 is 2.48 bits per heavy atom. The number of carbonyl (C=O) groups is 3. The van der Waals surface area contributed by atoms with Crippen LogP contribution in [0, 0.1) is 0 Å². The van der Waals surface area contributed by atoms with Crippen LogP contribution in [-0.4, -0.2) is 35.8 Å². The van der Waals surface area contributed by atoms with E-state index >= 15 is 0 Å². The first-order valence-corrected chi connectivity index (χ1v) is 7.18. The maximum atomic E-state index is 11.6. The van der Waals surface area contributed by atoms with Crippen molar-refractivity contribution in [2.24, 2.45) is 0 Å². The van der Waals surface area contributed by atoms with Gasteiger partial charge in [-0.2, -0.15) is 0 Å². The van der Waals surface area contributed by atoms with Gasteiger partial charge in [0.15, 0.2) is 0 Å². The van der Waals surface area contributed by atoms with Crippen LogP contribution in [0.2, 0.25) is 0 Å². The molecule has 1 atom stereocenters. The van der Waals surface area contributed by atoms with E-state index in [0.717, 1.165) is 5.56 Å². The summed E-state index contributed by atoms with van der Waals surface area (Å²) in [7, 11) is 0. The van der Waals surface area contributed by atoms with Crippen molar-refractivity contribution in [1.29, 1.82) is 0 Å². The summed E-state index contributed by atoms with van der Waals surface area (Å²) >= 11 is 0. The number of rotatable bonds is 9. The number of hydrogen-bond acceptors (Lipinski definition) is 4.